The van der Waals surface area contributed by atoms with Gasteiger partial charge in [-0.05, 0) is 70.0 Å². The number of aryl methyl sites for hydroxylation is 3. The fraction of sp³-hybridized carbons (Fsp3) is 0.320. The van der Waals surface area contributed by atoms with E-state index in [1.807, 2.05) is 36.7 Å². The number of guanidine groups is 1. The van der Waals surface area contributed by atoms with E-state index in [4.69, 9.17) is 16.3 Å². The van der Waals surface area contributed by atoms with Crippen LogP contribution in [0.2, 0.25) is 5.02 Å². The zero-order valence-corrected chi connectivity index (χ0v) is 20.5. The average Bonchev–Trinajstić information content (AvgIpc) is 3.06. The summed E-state index contributed by atoms with van der Waals surface area (Å²) < 4.78 is 7.42. The first-order valence-electron chi connectivity index (χ1n) is 10.9. The van der Waals surface area contributed by atoms with Crippen LogP contribution in [0.3, 0.4) is 0 Å². The third kappa shape index (κ3) is 6.14. The number of hydrogen-bond acceptors (Lipinski definition) is 4. The highest BCUT2D eigenvalue weighted by Gasteiger charge is 2.14. The largest absolute Gasteiger partial charge is 0.495 e. The van der Waals surface area contributed by atoms with Gasteiger partial charge in [0.25, 0.3) is 5.91 Å². The fourth-order valence-electron chi connectivity index (χ4n) is 3.66. The summed E-state index contributed by atoms with van der Waals surface area (Å²) in [5, 5.41) is 11.2. The Labute approximate surface area is 199 Å². The Bertz CT molecular complexity index is 1170. The van der Waals surface area contributed by atoms with Gasteiger partial charge in [0, 0.05) is 29.4 Å². The van der Waals surface area contributed by atoms with E-state index in [0.717, 1.165) is 23.5 Å². The van der Waals surface area contributed by atoms with Crippen LogP contribution in [0.4, 0.5) is 5.69 Å². The smallest absolute Gasteiger partial charge is 0.257 e. The molecule has 0 bridgehead atoms. The number of aliphatic imine (C=N–C) groups is 1. The van der Waals surface area contributed by atoms with Crippen molar-refractivity contribution in [3.05, 3.63) is 75.6 Å². The number of benzene rings is 2. The van der Waals surface area contributed by atoms with Gasteiger partial charge < -0.3 is 10.1 Å². The lowest BCUT2D eigenvalue weighted by Gasteiger charge is -2.15. The first kappa shape index (κ1) is 24.3. The van der Waals surface area contributed by atoms with E-state index in [9.17, 15) is 4.79 Å². The monoisotopic (exact) mass is 467 g/mol. The molecule has 0 fully saturated rings. The van der Waals surface area contributed by atoms with Gasteiger partial charge in [-0.2, -0.15) is 5.10 Å². The summed E-state index contributed by atoms with van der Waals surface area (Å²) in [7, 11) is 1.58. The number of carbonyl (C=O) groups excluding carboxylic acids is 1. The van der Waals surface area contributed by atoms with Gasteiger partial charge in [-0.25, -0.2) is 0 Å². The quantitative estimate of drug-likeness (QED) is 0.381. The number of methoxy groups -OCH3 is 1. The predicted octanol–water partition coefficient (Wildman–Crippen LogP) is 4.93. The standard InChI is InChI=1S/C25H30ClN5O2/c1-6-31-18(4)21(17(3)30-31)12-13-27-25(28-22-15-20(26)10-11-23(22)33-5)29-24(32)19-9-7-8-16(2)14-19/h7-11,14-15H,6,12-13H2,1-5H3,(H2,27,28,29,32). The van der Waals surface area contributed by atoms with Crippen molar-refractivity contribution < 1.29 is 9.53 Å². The average molecular weight is 468 g/mol. The third-order valence-electron chi connectivity index (χ3n) is 5.39. The van der Waals surface area contributed by atoms with Crippen LogP contribution >= 0.6 is 11.6 Å². The van der Waals surface area contributed by atoms with Crippen LogP contribution in [0.25, 0.3) is 0 Å². The van der Waals surface area contributed by atoms with E-state index >= 15 is 0 Å². The summed E-state index contributed by atoms with van der Waals surface area (Å²) >= 11 is 6.18. The summed E-state index contributed by atoms with van der Waals surface area (Å²) in [6.07, 6.45) is 0.704. The zero-order valence-electron chi connectivity index (χ0n) is 19.7. The summed E-state index contributed by atoms with van der Waals surface area (Å²) in [6.45, 7) is 9.39. The topological polar surface area (TPSA) is 80.5 Å². The maximum atomic E-state index is 12.9. The molecule has 3 rings (SSSR count). The van der Waals surface area contributed by atoms with E-state index in [0.29, 0.717) is 40.9 Å². The number of rotatable bonds is 7. The molecule has 8 heteroatoms. The highest BCUT2D eigenvalue weighted by Crippen LogP contribution is 2.27. The molecule has 7 nitrogen and oxygen atoms in total. The number of hydrogen-bond donors (Lipinski definition) is 2. The number of anilines is 1. The number of aromatic nitrogens is 2. The second-order valence-corrected chi connectivity index (χ2v) is 8.18. The molecule has 0 saturated carbocycles. The molecule has 0 spiro atoms. The third-order valence-corrected chi connectivity index (χ3v) is 5.62. The lowest BCUT2D eigenvalue weighted by molar-refractivity contribution is 0.0977. The zero-order chi connectivity index (χ0) is 24.0. The molecule has 1 aromatic heterocycles. The van der Waals surface area contributed by atoms with E-state index in [-0.39, 0.29) is 5.91 Å². The Kier molecular flexibility index (Phi) is 8.11. The lowest BCUT2D eigenvalue weighted by atomic mass is 10.1. The molecule has 2 N–H and O–H groups in total. The number of nitrogens with zero attached hydrogens (tertiary/aromatic N) is 3. The number of ether oxygens (including phenoxy) is 1. The molecule has 0 atom stereocenters. The minimum Gasteiger partial charge on any atom is -0.495 e. The molecule has 174 valence electrons. The van der Waals surface area contributed by atoms with Crippen LogP contribution in [0.1, 0.15) is 39.8 Å². The highest BCUT2D eigenvalue weighted by atomic mass is 35.5. The van der Waals surface area contributed by atoms with Crippen LogP contribution in [-0.2, 0) is 13.0 Å². The Balaban J connectivity index is 1.85. The van der Waals surface area contributed by atoms with Gasteiger partial charge in [-0.1, -0.05) is 29.3 Å². The number of nitrogens with one attached hydrogen (secondary N) is 2. The van der Waals surface area contributed by atoms with E-state index in [1.54, 1.807) is 31.4 Å². The van der Waals surface area contributed by atoms with Crippen LogP contribution < -0.4 is 15.4 Å². The van der Waals surface area contributed by atoms with Gasteiger partial charge in [0.2, 0.25) is 5.96 Å². The van der Waals surface area contributed by atoms with Crippen LogP contribution in [-0.4, -0.2) is 35.3 Å². The SMILES string of the molecule is CCn1nc(C)c(CCN=C(NC(=O)c2cccc(C)c2)Nc2cc(Cl)ccc2OC)c1C. The van der Waals surface area contributed by atoms with Crippen molar-refractivity contribution in [3.63, 3.8) is 0 Å². The summed E-state index contributed by atoms with van der Waals surface area (Å²) in [6, 6.07) is 12.6. The van der Waals surface area contributed by atoms with Gasteiger partial charge in [0.1, 0.15) is 5.75 Å². The van der Waals surface area contributed by atoms with E-state index in [1.165, 1.54) is 5.56 Å². The molecule has 0 aliphatic rings. The molecule has 0 radical (unpaired) electrons. The number of amides is 1. The van der Waals surface area contributed by atoms with Crippen LogP contribution in [0.5, 0.6) is 5.75 Å². The van der Waals surface area contributed by atoms with Crippen molar-refractivity contribution >= 4 is 29.2 Å². The molecule has 0 aliphatic heterocycles. The molecule has 1 amide bonds. The fourth-order valence-corrected chi connectivity index (χ4v) is 3.84. The molecule has 1 heterocycles. The van der Waals surface area contributed by atoms with Crippen molar-refractivity contribution in [1.29, 1.82) is 0 Å². The van der Waals surface area contributed by atoms with Crippen LogP contribution in [0.15, 0.2) is 47.5 Å². The van der Waals surface area contributed by atoms with Crippen molar-refractivity contribution in [2.24, 2.45) is 4.99 Å². The predicted molar refractivity (Wildman–Crippen MR) is 134 cm³/mol. The Morgan fingerprint density at radius 2 is 1.97 bits per heavy atom. The maximum Gasteiger partial charge on any atom is 0.257 e. The van der Waals surface area contributed by atoms with E-state index in [2.05, 4.69) is 34.6 Å². The van der Waals surface area contributed by atoms with Crippen molar-refractivity contribution in [2.75, 3.05) is 19.0 Å². The Hall–Kier alpha value is -3.32. The molecular weight excluding hydrogens is 438 g/mol. The second-order valence-electron chi connectivity index (χ2n) is 7.74. The molecular formula is C25H30ClN5O2. The molecule has 0 aliphatic carbocycles. The molecule has 0 saturated heterocycles. The van der Waals surface area contributed by atoms with Crippen molar-refractivity contribution in [1.82, 2.24) is 15.1 Å². The number of carbonyl (C=O) groups is 1. The second kappa shape index (κ2) is 11.0. The minimum absolute atomic E-state index is 0.253. The summed E-state index contributed by atoms with van der Waals surface area (Å²) in [5.74, 6) is 0.658. The lowest BCUT2D eigenvalue weighted by Crippen LogP contribution is -2.36. The minimum atomic E-state index is -0.253. The Morgan fingerprint density at radius 3 is 2.64 bits per heavy atom. The first-order chi connectivity index (χ1) is 15.8. The van der Waals surface area contributed by atoms with Gasteiger partial charge in [-0.15, -0.1) is 0 Å². The summed E-state index contributed by atoms with van der Waals surface area (Å²) in [5.41, 5.74) is 5.48. The van der Waals surface area contributed by atoms with Crippen molar-refractivity contribution in [3.8, 4) is 5.75 Å². The van der Waals surface area contributed by atoms with E-state index < -0.39 is 0 Å². The molecule has 33 heavy (non-hydrogen) atoms. The van der Waals surface area contributed by atoms with Gasteiger partial charge >= 0.3 is 0 Å². The summed E-state index contributed by atoms with van der Waals surface area (Å²) in [4.78, 5) is 17.6. The van der Waals surface area contributed by atoms with Gasteiger partial charge in [0.05, 0.1) is 18.5 Å². The number of halogens is 1. The highest BCUT2D eigenvalue weighted by molar-refractivity contribution is 6.31. The van der Waals surface area contributed by atoms with Gasteiger partial charge in [0.15, 0.2) is 0 Å². The normalized spacial score (nSPS) is 11.4. The van der Waals surface area contributed by atoms with Gasteiger partial charge in [-0.3, -0.25) is 19.8 Å². The maximum absolute atomic E-state index is 12.9. The molecule has 0 unspecified atom stereocenters. The van der Waals surface area contributed by atoms with Crippen LogP contribution in [0, 0.1) is 20.8 Å². The Morgan fingerprint density at radius 1 is 1.18 bits per heavy atom. The van der Waals surface area contributed by atoms with Crippen molar-refractivity contribution in [2.45, 2.75) is 40.7 Å². The molecule has 3 aromatic rings. The molecule has 2 aromatic carbocycles. The first-order valence-corrected chi connectivity index (χ1v) is 11.3.